The van der Waals surface area contributed by atoms with Crippen LogP contribution >= 0.6 is 11.6 Å². The third-order valence-electron chi connectivity index (χ3n) is 4.00. The van der Waals surface area contributed by atoms with Gasteiger partial charge in [-0.05, 0) is 18.8 Å². The molecule has 108 valence electrons. The Kier molecular flexibility index (Phi) is 4.05. The monoisotopic (exact) mass is 294 g/mol. The lowest BCUT2D eigenvalue weighted by molar-refractivity contribution is 0.401. The lowest BCUT2D eigenvalue weighted by Crippen LogP contribution is -2.11. The first kappa shape index (κ1) is 13.6. The Bertz CT molecular complexity index is 592. The summed E-state index contributed by atoms with van der Waals surface area (Å²) in [6, 6.07) is 0. The van der Waals surface area contributed by atoms with E-state index in [1.807, 2.05) is 0 Å². The molecular formula is C14H19ClN4O. The van der Waals surface area contributed by atoms with Crippen molar-refractivity contribution in [3.8, 4) is 5.88 Å². The lowest BCUT2D eigenvalue weighted by atomic mass is 10.1. The van der Waals surface area contributed by atoms with E-state index in [1.54, 1.807) is 13.4 Å². The summed E-state index contributed by atoms with van der Waals surface area (Å²) in [4.78, 5) is 13.2. The predicted octanol–water partition coefficient (Wildman–Crippen LogP) is 2.81. The highest BCUT2D eigenvalue weighted by Gasteiger charge is 2.21. The van der Waals surface area contributed by atoms with Gasteiger partial charge in [0.2, 0.25) is 5.88 Å². The highest BCUT2D eigenvalue weighted by molar-refractivity contribution is 6.17. The molecule has 0 atom stereocenters. The fourth-order valence-corrected chi connectivity index (χ4v) is 3.20. The standard InChI is InChI=1S/C14H19ClN4O/c1-20-14-12-13(16-9-17-14)19(11(18-12)6-7-15)8-10-4-2-3-5-10/h9-10H,2-8H2,1H3. The van der Waals surface area contributed by atoms with E-state index < -0.39 is 0 Å². The summed E-state index contributed by atoms with van der Waals surface area (Å²) < 4.78 is 7.49. The van der Waals surface area contributed by atoms with Gasteiger partial charge in [-0.25, -0.2) is 9.97 Å². The van der Waals surface area contributed by atoms with Crippen LogP contribution in [0.15, 0.2) is 6.33 Å². The van der Waals surface area contributed by atoms with Gasteiger partial charge in [0.1, 0.15) is 12.2 Å². The number of aromatic nitrogens is 4. The van der Waals surface area contributed by atoms with Crippen LogP contribution < -0.4 is 4.74 Å². The molecule has 20 heavy (non-hydrogen) atoms. The van der Waals surface area contributed by atoms with Gasteiger partial charge in [0.15, 0.2) is 11.2 Å². The molecule has 0 radical (unpaired) electrons. The van der Waals surface area contributed by atoms with Crippen molar-refractivity contribution in [2.45, 2.75) is 38.6 Å². The predicted molar refractivity (Wildman–Crippen MR) is 78.3 cm³/mol. The second-order valence-corrected chi connectivity index (χ2v) is 5.66. The van der Waals surface area contributed by atoms with E-state index in [4.69, 9.17) is 16.3 Å². The van der Waals surface area contributed by atoms with Gasteiger partial charge in [0.25, 0.3) is 0 Å². The molecule has 2 heterocycles. The summed E-state index contributed by atoms with van der Waals surface area (Å²) in [7, 11) is 1.61. The van der Waals surface area contributed by atoms with Crippen molar-refractivity contribution in [3.63, 3.8) is 0 Å². The lowest BCUT2D eigenvalue weighted by Gasteiger charge is -2.13. The Morgan fingerprint density at radius 2 is 2.15 bits per heavy atom. The summed E-state index contributed by atoms with van der Waals surface area (Å²) in [5.74, 6) is 2.81. The van der Waals surface area contributed by atoms with Crippen molar-refractivity contribution in [1.82, 2.24) is 19.5 Å². The Morgan fingerprint density at radius 1 is 1.35 bits per heavy atom. The maximum Gasteiger partial charge on any atom is 0.245 e. The molecule has 0 unspecified atom stereocenters. The molecule has 5 nitrogen and oxygen atoms in total. The van der Waals surface area contributed by atoms with Gasteiger partial charge in [-0.1, -0.05) is 12.8 Å². The smallest absolute Gasteiger partial charge is 0.245 e. The average molecular weight is 295 g/mol. The van der Waals surface area contributed by atoms with Gasteiger partial charge in [-0.2, -0.15) is 4.98 Å². The van der Waals surface area contributed by atoms with Crippen LogP contribution in [-0.2, 0) is 13.0 Å². The van der Waals surface area contributed by atoms with E-state index in [-0.39, 0.29) is 0 Å². The molecule has 1 aliphatic carbocycles. The molecule has 2 aromatic rings. The summed E-state index contributed by atoms with van der Waals surface area (Å²) in [5, 5.41) is 0. The van der Waals surface area contributed by atoms with Gasteiger partial charge in [-0.15, -0.1) is 11.6 Å². The summed E-state index contributed by atoms with van der Waals surface area (Å²) in [6.07, 6.45) is 7.54. The third kappa shape index (κ3) is 2.46. The maximum absolute atomic E-state index is 5.91. The van der Waals surface area contributed by atoms with Gasteiger partial charge in [0, 0.05) is 18.8 Å². The number of fused-ring (bicyclic) bond motifs is 1. The molecule has 0 aromatic carbocycles. The second kappa shape index (κ2) is 5.95. The normalized spacial score (nSPS) is 16.1. The van der Waals surface area contributed by atoms with E-state index in [2.05, 4.69) is 19.5 Å². The molecule has 0 spiro atoms. The number of halogens is 1. The maximum atomic E-state index is 5.91. The minimum absolute atomic E-state index is 0.538. The second-order valence-electron chi connectivity index (χ2n) is 5.28. The Hall–Kier alpha value is -1.36. The molecule has 0 bridgehead atoms. The van der Waals surface area contributed by atoms with Crippen LogP contribution in [0.4, 0.5) is 0 Å². The first-order valence-electron chi connectivity index (χ1n) is 7.13. The number of methoxy groups -OCH3 is 1. The van der Waals surface area contributed by atoms with Crippen LogP contribution in [0.5, 0.6) is 5.88 Å². The topological polar surface area (TPSA) is 52.8 Å². The van der Waals surface area contributed by atoms with E-state index in [9.17, 15) is 0 Å². The fraction of sp³-hybridized carbons (Fsp3) is 0.643. The van der Waals surface area contributed by atoms with Crippen LogP contribution in [-0.4, -0.2) is 32.5 Å². The summed E-state index contributed by atoms with van der Waals surface area (Å²) in [6.45, 7) is 0.975. The van der Waals surface area contributed by atoms with Crippen LogP contribution in [0, 0.1) is 5.92 Å². The van der Waals surface area contributed by atoms with Gasteiger partial charge in [-0.3, -0.25) is 0 Å². The van der Waals surface area contributed by atoms with Gasteiger partial charge < -0.3 is 9.30 Å². The number of alkyl halides is 1. The minimum Gasteiger partial charge on any atom is -0.479 e. The molecule has 3 rings (SSSR count). The summed E-state index contributed by atoms with van der Waals surface area (Å²) >= 11 is 5.91. The molecule has 0 N–H and O–H groups in total. The molecule has 1 saturated carbocycles. The van der Waals surface area contributed by atoms with Crippen molar-refractivity contribution in [2.75, 3.05) is 13.0 Å². The van der Waals surface area contributed by atoms with Gasteiger partial charge in [0.05, 0.1) is 7.11 Å². The van der Waals surface area contributed by atoms with Crippen molar-refractivity contribution < 1.29 is 4.74 Å². The number of ether oxygens (including phenoxy) is 1. The van der Waals surface area contributed by atoms with E-state index in [1.165, 1.54) is 25.7 Å². The van der Waals surface area contributed by atoms with Crippen LogP contribution in [0.3, 0.4) is 0 Å². The largest absolute Gasteiger partial charge is 0.479 e. The third-order valence-corrected chi connectivity index (χ3v) is 4.19. The summed E-state index contributed by atoms with van der Waals surface area (Å²) in [5.41, 5.74) is 1.61. The zero-order valence-corrected chi connectivity index (χ0v) is 12.4. The van der Waals surface area contributed by atoms with Crippen molar-refractivity contribution in [3.05, 3.63) is 12.2 Å². The molecule has 0 aliphatic heterocycles. The number of hydrogen-bond acceptors (Lipinski definition) is 4. The van der Waals surface area contributed by atoms with Crippen molar-refractivity contribution in [2.24, 2.45) is 5.92 Å². The van der Waals surface area contributed by atoms with Crippen LogP contribution in [0.25, 0.3) is 11.2 Å². The molecule has 1 aliphatic rings. The molecule has 0 saturated heterocycles. The fourth-order valence-electron chi connectivity index (χ4n) is 3.03. The number of aryl methyl sites for hydroxylation is 1. The Labute approximate surface area is 123 Å². The number of nitrogens with zero attached hydrogens (tertiary/aromatic N) is 4. The first-order valence-corrected chi connectivity index (χ1v) is 7.67. The average Bonchev–Trinajstić information content (AvgIpc) is 3.08. The number of rotatable bonds is 5. The zero-order valence-electron chi connectivity index (χ0n) is 11.7. The molecule has 0 amide bonds. The quantitative estimate of drug-likeness (QED) is 0.796. The Morgan fingerprint density at radius 3 is 2.85 bits per heavy atom. The van der Waals surface area contributed by atoms with Crippen molar-refractivity contribution in [1.29, 1.82) is 0 Å². The highest BCUT2D eigenvalue weighted by atomic mass is 35.5. The van der Waals surface area contributed by atoms with Crippen molar-refractivity contribution >= 4 is 22.8 Å². The molecule has 2 aromatic heterocycles. The number of hydrogen-bond donors (Lipinski definition) is 0. The highest BCUT2D eigenvalue weighted by Crippen LogP contribution is 2.29. The van der Waals surface area contributed by atoms with Crippen LogP contribution in [0.1, 0.15) is 31.5 Å². The van der Waals surface area contributed by atoms with E-state index >= 15 is 0 Å². The van der Waals surface area contributed by atoms with E-state index in [0.717, 1.165) is 35.9 Å². The van der Waals surface area contributed by atoms with E-state index in [0.29, 0.717) is 11.8 Å². The van der Waals surface area contributed by atoms with Gasteiger partial charge >= 0.3 is 0 Å². The number of imidazole rings is 1. The molecule has 1 fully saturated rings. The molecule has 6 heteroatoms. The SMILES string of the molecule is COc1ncnc2c1nc(CCCl)n2CC1CCCC1. The molecular weight excluding hydrogens is 276 g/mol. The zero-order chi connectivity index (χ0) is 13.9. The first-order chi connectivity index (χ1) is 9.83. The van der Waals surface area contributed by atoms with Crippen LogP contribution in [0.2, 0.25) is 0 Å². The minimum atomic E-state index is 0.538. The Balaban J connectivity index is 2.03.